The van der Waals surface area contributed by atoms with Crippen LogP contribution in [0.2, 0.25) is 0 Å². The van der Waals surface area contributed by atoms with Gasteiger partial charge in [0.05, 0.1) is 6.04 Å². The van der Waals surface area contributed by atoms with Gasteiger partial charge in [-0.25, -0.2) is 0 Å². The van der Waals surface area contributed by atoms with Crippen LogP contribution in [0.15, 0.2) is 0 Å². The zero-order valence-electron chi connectivity index (χ0n) is 11.8. The predicted molar refractivity (Wildman–Crippen MR) is 68.0 cm³/mol. The Morgan fingerprint density at radius 3 is 1.88 bits per heavy atom. The molecule has 0 aliphatic rings. The summed E-state index contributed by atoms with van der Waals surface area (Å²) in [7, 11) is 0. The van der Waals surface area contributed by atoms with Crippen LogP contribution < -0.4 is 5.32 Å². The lowest BCUT2D eigenvalue weighted by Crippen LogP contribution is -2.51. The van der Waals surface area contributed by atoms with E-state index in [2.05, 4.69) is 5.32 Å². The molecule has 0 rings (SSSR count). The van der Waals surface area contributed by atoms with E-state index in [4.69, 9.17) is 5.11 Å². The number of Topliss-reactive ketones (excluding diaryl/α,β-unsaturated/α-hetero) is 1. The molecule has 0 aromatic carbocycles. The third kappa shape index (κ3) is 7.10. The van der Waals surface area contributed by atoms with Crippen molar-refractivity contribution in [3.05, 3.63) is 0 Å². The first-order chi connectivity index (χ1) is 7.43. The molecule has 1 atom stereocenters. The molecule has 1 unspecified atom stereocenters. The number of ketones is 1. The standard InChI is InChI=1S/C13H25NO3/c1-12(2,3)11(17)9(7-8-10(15)16)14-13(4,5)6/h9,14H,7-8H2,1-6H3,(H,15,16). The predicted octanol–water partition coefficient (Wildman–Crippen LogP) is 2.22. The summed E-state index contributed by atoms with van der Waals surface area (Å²) in [5.74, 6) is -0.805. The summed E-state index contributed by atoms with van der Waals surface area (Å²) < 4.78 is 0. The fourth-order valence-corrected chi connectivity index (χ4v) is 1.58. The van der Waals surface area contributed by atoms with Gasteiger partial charge in [0.25, 0.3) is 0 Å². The van der Waals surface area contributed by atoms with E-state index in [9.17, 15) is 9.59 Å². The number of carbonyl (C=O) groups is 2. The summed E-state index contributed by atoms with van der Waals surface area (Å²) >= 11 is 0. The maximum absolute atomic E-state index is 12.2. The van der Waals surface area contributed by atoms with Crippen molar-refractivity contribution in [2.75, 3.05) is 0 Å². The van der Waals surface area contributed by atoms with Gasteiger partial charge < -0.3 is 10.4 Å². The highest BCUT2D eigenvalue weighted by Crippen LogP contribution is 2.20. The summed E-state index contributed by atoms with van der Waals surface area (Å²) in [6.07, 6.45) is 0.346. The van der Waals surface area contributed by atoms with Gasteiger partial charge in [-0.3, -0.25) is 9.59 Å². The molecule has 0 spiro atoms. The third-order valence-corrected chi connectivity index (χ3v) is 2.31. The summed E-state index contributed by atoms with van der Waals surface area (Å²) in [5, 5.41) is 11.9. The van der Waals surface area contributed by atoms with Crippen molar-refractivity contribution in [2.24, 2.45) is 5.41 Å². The highest BCUT2D eigenvalue weighted by Gasteiger charge is 2.31. The SMILES string of the molecule is CC(C)(C)NC(CCC(=O)O)C(=O)C(C)(C)C. The lowest BCUT2D eigenvalue weighted by molar-refractivity contribution is -0.137. The molecular weight excluding hydrogens is 218 g/mol. The number of nitrogens with one attached hydrogen (secondary N) is 1. The van der Waals surface area contributed by atoms with E-state index < -0.39 is 17.4 Å². The number of aliphatic carboxylic acids is 1. The van der Waals surface area contributed by atoms with Crippen LogP contribution in [-0.2, 0) is 9.59 Å². The molecule has 4 nitrogen and oxygen atoms in total. The monoisotopic (exact) mass is 243 g/mol. The number of hydrogen-bond donors (Lipinski definition) is 2. The Labute approximate surface area is 104 Å². The Hall–Kier alpha value is -0.900. The van der Waals surface area contributed by atoms with Crippen LogP contribution in [0.1, 0.15) is 54.4 Å². The fourth-order valence-electron chi connectivity index (χ4n) is 1.58. The van der Waals surface area contributed by atoms with Crippen LogP contribution in [-0.4, -0.2) is 28.4 Å². The van der Waals surface area contributed by atoms with Crippen molar-refractivity contribution in [3.63, 3.8) is 0 Å². The Balaban J connectivity index is 4.73. The van der Waals surface area contributed by atoms with Gasteiger partial charge in [0.15, 0.2) is 5.78 Å². The molecule has 100 valence electrons. The van der Waals surface area contributed by atoms with Crippen molar-refractivity contribution in [3.8, 4) is 0 Å². The zero-order valence-corrected chi connectivity index (χ0v) is 11.8. The second kappa shape index (κ2) is 5.63. The smallest absolute Gasteiger partial charge is 0.303 e. The third-order valence-electron chi connectivity index (χ3n) is 2.31. The maximum atomic E-state index is 12.2. The minimum atomic E-state index is -0.868. The van der Waals surface area contributed by atoms with Crippen molar-refractivity contribution in [1.82, 2.24) is 5.32 Å². The Kier molecular flexibility index (Phi) is 5.33. The van der Waals surface area contributed by atoms with Crippen LogP contribution in [0.5, 0.6) is 0 Å². The molecule has 0 aromatic rings. The van der Waals surface area contributed by atoms with Gasteiger partial charge in [-0.2, -0.15) is 0 Å². The molecule has 0 aromatic heterocycles. The first-order valence-corrected chi connectivity index (χ1v) is 5.97. The van der Waals surface area contributed by atoms with E-state index in [1.54, 1.807) is 0 Å². The molecule has 0 bridgehead atoms. The van der Waals surface area contributed by atoms with Crippen molar-refractivity contribution >= 4 is 11.8 Å². The number of rotatable bonds is 5. The summed E-state index contributed by atoms with van der Waals surface area (Å²) in [4.78, 5) is 22.8. The molecule has 0 radical (unpaired) electrons. The zero-order chi connectivity index (χ0) is 13.9. The van der Waals surface area contributed by atoms with E-state index in [1.807, 2.05) is 41.5 Å². The lowest BCUT2D eigenvalue weighted by Gasteiger charge is -2.31. The van der Waals surface area contributed by atoms with Gasteiger partial charge in [0.2, 0.25) is 0 Å². The molecule has 0 fully saturated rings. The first kappa shape index (κ1) is 16.1. The molecule has 0 aliphatic heterocycles. The van der Waals surface area contributed by atoms with E-state index in [0.29, 0.717) is 6.42 Å². The molecule has 17 heavy (non-hydrogen) atoms. The second-order valence-electron chi connectivity index (χ2n) is 6.49. The van der Waals surface area contributed by atoms with Gasteiger partial charge in [-0.05, 0) is 27.2 Å². The topological polar surface area (TPSA) is 66.4 Å². The van der Waals surface area contributed by atoms with Gasteiger partial charge in [0, 0.05) is 17.4 Å². The van der Waals surface area contributed by atoms with Crippen LogP contribution >= 0.6 is 0 Å². The van der Waals surface area contributed by atoms with Crippen LogP contribution in [0.25, 0.3) is 0 Å². The van der Waals surface area contributed by atoms with Crippen LogP contribution in [0.4, 0.5) is 0 Å². The van der Waals surface area contributed by atoms with Crippen LogP contribution in [0, 0.1) is 5.41 Å². The van der Waals surface area contributed by atoms with Crippen molar-refractivity contribution in [2.45, 2.75) is 66.0 Å². The van der Waals surface area contributed by atoms with E-state index in [1.165, 1.54) is 0 Å². The van der Waals surface area contributed by atoms with Gasteiger partial charge >= 0.3 is 5.97 Å². The molecule has 4 heteroatoms. The second-order valence-corrected chi connectivity index (χ2v) is 6.49. The molecule has 0 amide bonds. The maximum Gasteiger partial charge on any atom is 0.303 e. The minimum Gasteiger partial charge on any atom is -0.481 e. The summed E-state index contributed by atoms with van der Waals surface area (Å²) in [6, 6.07) is -0.397. The largest absolute Gasteiger partial charge is 0.481 e. The Morgan fingerprint density at radius 2 is 1.59 bits per heavy atom. The Bertz CT molecular complexity index is 284. The highest BCUT2D eigenvalue weighted by atomic mass is 16.4. The van der Waals surface area contributed by atoms with E-state index >= 15 is 0 Å². The molecular formula is C13H25NO3. The van der Waals surface area contributed by atoms with Gasteiger partial charge in [-0.15, -0.1) is 0 Å². The summed E-state index contributed by atoms with van der Waals surface area (Å²) in [5.41, 5.74) is -0.661. The van der Waals surface area contributed by atoms with E-state index in [0.717, 1.165) is 0 Å². The number of hydrogen-bond acceptors (Lipinski definition) is 3. The molecule has 2 N–H and O–H groups in total. The minimum absolute atomic E-state index is 0.00949. The number of carboxylic acid groups (broad SMARTS) is 1. The quantitative estimate of drug-likeness (QED) is 0.777. The number of carbonyl (C=O) groups excluding carboxylic acids is 1. The fraction of sp³-hybridized carbons (Fsp3) is 0.846. The average Bonchev–Trinajstić information content (AvgIpc) is 2.07. The van der Waals surface area contributed by atoms with Crippen LogP contribution in [0.3, 0.4) is 0 Å². The molecule has 0 aliphatic carbocycles. The highest BCUT2D eigenvalue weighted by molar-refractivity contribution is 5.89. The Morgan fingerprint density at radius 1 is 1.12 bits per heavy atom. The van der Waals surface area contributed by atoms with Gasteiger partial charge in [0.1, 0.15) is 0 Å². The lowest BCUT2D eigenvalue weighted by atomic mass is 9.84. The first-order valence-electron chi connectivity index (χ1n) is 5.97. The van der Waals surface area contributed by atoms with Crippen molar-refractivity contribution in [1.29, 1.82) is 0 Å². The number of carboxylic acids is 1. The normalized spacial score (nSPS) is 14.5. The summed E-state index contributed by atoms with van der Waals surface area (Å²) in [6.45, 7) is 11.5. The van der Waals surface area contributed by atoms with E-state index in [-0.39, 0.29) is 17.7 Å². The van der Waals surface area contributed by atoms with Gasteiger partial charge in [-0.1, -0.05) is 20.8 Å². The van der Waals surface area contributed by atoms with Crippen molar-refractivity contribution < 1.29 is 14.7 Å². The average molecular weight is 243 g/mol. The molecule has 0 saturated carbocycles. The molecule has 0 heterocycles. The molecule has 0 saturated heterocycles.